The van der Waals surface area contributed by atoms with E-state index in [2.05, 4.69) is 5.32 Å². The van der Waals surface area contributed by atoms with Crippen LogP contribution in [0.5, 0.6) is 0 Å². The van der Waals surface area contributed by atoms with Crippen molar-refractivity contribution >= 4 is 62.3 Å². The molecular weight excluding hydrogens is 605 g/mol. The van der Waals surface area contributed by atoms with Crippen LogP contribution in [-0.4, -0.2) is 43.8 Å². The SMILES string of the molecule is CC[C@H](C(=O)N[C@@H](C)CC)N(Cc1c(Cl)cccc1Cl)C(=O)CN(c1ccc(Cl)cc1C)S(=O)(=O)c1ccccc1. The molecule has 0 aliphatic rings. The molecule has 3 rings (SSSR count). The fourth-order valence-corrected chi connectivity index (χ4v) is 6.59. The Morgan fingerprint density at radius 3 is 2.10 bits per heavy atom. The normalized spacial score (nSPS) is 12.9. The lowest BCUT2D eigenvalue weighted by Crippen LogP contribution is -2.53. The van der Waals surface area contributed by atoms with E-state index in [1.54, 1.807) is 68.4 Å². The van der Waals surface area contributed by atoms with E-state index in [1.165, 1.54) is 17.0 Å². The summed E-state index contributed by atoms with van der Waals surface area (Å²) in [5, 5.41) is 4.03. The van der Waals surface area contributed by atoms with Crippen molar-refractivity contribution in [3.05, 3.63) is 92.9 Å². The predicted molar refractivity (Wildman–Crippen MR) is 166 cm³/mol. The van der Waals surface area contributed by atoms with E-state index in [1.807, 2.05) is 13.8 Å². The van der Waals surface area contributed by atoms with Gasteiger partial charge in [-0.25, -0.2) is 8.42 Å². The number of nitrogens with one attached hydrogen (secondary N) is 1. The Hall–Kier alpha value is -2.78. The lowest BCUT2D eigenvalue weighted by molar-refractivity contribution is -0.140. The van der Waals surface area contributed by atoms with Crippen molar-refractivity contribution in [1.29, 1.82) is 0 Å². The van der Waals surface area contributed by atoms with Crippen molar-refractivity contribution in [3.63, 3.8) is 0 Å². The molecule has 0 aliphatic carbocycles. The smallest absolute Gasteiger partial charge is 0.264 e. The Labute approximate surface area is 257 Å². The van der Waals surface area contributed by atoms with Crippen LogP contribution < -0.4 is 9.62 Å². The molecule has 2 atom stereocenters. The molecule has 0 bridgehead atoms. The van der Waals surface area contributed by atoms with Crippen LogP contribution in [0, 0.1) is 6.92 Å². The fraction of sp³-hybridized carbons (Fsp3) is 0.333. The molecule has 0 aromatic heterocycles. The van der Waals surface area contributed by atoms with Gasteiger partial charge in [-0.1, -0.05) is 72.9 Å². The van der Waals surface area contributed by atoms with Gasteiger partial charge in [-0.05, 0) is 74.7 Å². The van der Waals surface area contributed by atoms with Gasteiger partial charge in [0, 0.05) is 33.2 Å². The summed E-state index contributed by atoms with van der Waals surface area (Å²) in [7, 11) is -4.19. The second-order valence-electron chi connectivity index (χ2n) is 9.72. The van der Waals surface area contributed by atoms with Gasteiger partial charge >= 0.3 is 0 Å². The average molecular weight is 639 g/mol. The standard InChI is InChI=1S/C30H34Cl3N3O4S/c1-5-21(4)34-30(38)27(6-2)35(18-24-25(32)13-10-14-26(24)33)29(37)19-36(28-16-15-22(31)17-20(28)3)41(39,40)23-11-8-7-9-12-23/h7-17,21,27H,5-6,18-19H2,1-4H3,(H,34,38)/t21-,27+/m0/s1. The minimum absolute atomic E-state index is 0.0180. The van der Waals surface area contributed by atoms with Crippen LogP contribution in [-0.2, 0) is 26.2 Å². The monoisotopic (exact) mass is 637 g/mol. The molecule has 3 aromatic carbocycles. The lowest BCUT2D eigenvalue weighted by atomic mass is 10.1. The van der Waals surface area contributed by atoms with E-state index < -0.39 is 28.5 Å². The number of halogens is 3. The van der Waals surface area contributed by atoms with Gasteiger partial charge in [0.1, 0.15) is 12.6 Å². The molecule has 2 amide bonds. The fourth-order valence-electron chi connectivity index (χ4n) is 4.35. The van der Waals surface area contributed by atoms with Crippen molar-refractivity contribution < 1.29 is 18.0 Å². The van der Waals surface area contributed by atoms with E-state index in [0.29, 0.717) is 38.3 Å². The number of sulfonamides is 1. The van der Waals surface area contributed by atoms with E-state index in [-0.39, 0.29) is 29.8 Å². The third-order valence-electron chi connectivity index (χ3n) is 6.81. The van der Waals surface area contributed by atoms with Crippen LogP contribution >= 0.6 is 34.8 Å². The zero-order valence-corrected chi connectivity index (χ0v) is 26.5. The number of carbonyl (C=O) groups excluding carboxylic acids is 2. The number of rotatable bonds is 12. The minimum Gasteiger partial charge on any atom is -0.352 e. The highest BCUT2D eigenvalue weighted by atomic mass is 35.5. The first-order valence-electron chi connectivity index (χ1n) is 13.3. The van der Waals surface area contributed by atoms with Crippen molar-refractivity contribution in [2.45, 2.75) is 64.1 Å². The summed E-state index contributed by atoms with van der Waals surface area (Å²) in [6, 6.07) is 16.6. The number of aryl methyl sites for hydroxylation is 1. The van der Waals surface area contributed by atoms with Crippen molar-refractivity contribution in [3.8, 4) is 0 Å². The molecule has 0 saturated heterocycles. The molecule has 3 aromatic rings. The summed E-state index contributed by atoms with van der Waals surface area (Å²) < 4.78 is 29.0. The van der Waals surface area contributed by atoms with Gasteiger partial charge < -0.3 is 10.2 Å². The molecule has 0 heterocycles. The largest absolute Gasteiger partial charge is 0.352 e. The van der Waals surface area contributed by atoms with Gasteiger partial charge in [-0.2, -0.15) is 0 Å². The molecular formula is C30H34Cl3N3O4S. The van der Waals surface area contributed by atoms with E-state index in [4.69, 9.17) is 34.8 Å². The van der Waals surface area contributed by atoms with Gasteiger partial charge in [-0.15, -0.1) is 0 Å². The quantitative estimate of drug-likeness (QED) is 0.235. The van der Waals surface area contributed by atoms with Crippen LogP contribution in [0.3, 0.4) is 0 Å². The molecule has 41 heavy (non-hydrogen) atoms. The maximum Gasteiger partial charge on any atom is 0.264 e. The van der Waals surface area contributed by atoms with Crippen molar-refractivity contribution in [2.75, 3.05) is 10.8 Å². The number of hydrogen-bond acceptors (Lipinski definition) is 4. The topological polar surface area (TPSA) is 86.8 Å². The highest BCUT2D eigenvalue weighted by Gasteiger charge is 2.35. The predicted octanol–water partition coefficient (Wildman–Crippen LogP) is 6.87. The molecule has 0 fully saturated rings. The average Bonchev–Trinajstić information content (AvgIpc) is 2.93. The zero-order chi connectivity index (χ0) is 30.3. The molecule has 0 radical (unpaired) electrons. The van der Waals surface area contributed by atoms with Crippen molar-refractivity contribution in [1.82, 2.24) is 10.2 Å². The highest BCUT2D eigenvalue weighted by molar-refractivity contribution is 7.92. The first-order chi connectivity index (χ1) is 19.4. The Bertz CT molecular complexity index is 1470. The summed E-state index contributed by atoms with van der Waals surface area (Å²) in [5.74, 6) is -0.945. The van der Waals surface area contributed by atoms with Gasteiger partial charge in [0.2, 0.25) is 11.8 Å². The van der Waals surface area contributed by atoms with Gasteiger partial charge in [0.15, 0.2) is 0 Å². The van der Waals surface area contributed by atoms with Gasteiger partial charge in [0.25, 0.3) is 10.0 Å². The van der Waals surface area contributed by atoms with E-state index in [9.17, 15) is 18.0 Å². The van der Waals surface area contributed by atoms with Gasteiger partial charge in [0.05, 0.1) is 10.6 Å². The summed E-state index contributed by atoms with van der Waals surface area (Å²) in [4.78, 5) is 29.0. The molecule has 7 nitrogen and oxygen atoms in total. The summed E-state index contributed by atoms with van der Waals surface area (Å²) >= 11 is 19.1. The maximum absolute atomic E-state index is 14.2. The molecule has 220 valence electrons. The second kappa shape index (κ2) is 14.4. The maximum atomic E-state index is 14.2. The Morgan fingerprint density at radius 1 is 0.902 bits per heavy atom. The molecule has 1 N–H and O–H groups in total. The summed E-state index contributed by atoms with van der Waals surface area (Å²) in [5.41, 5.74) is 1.31. The van der Waals surface area contributed by atoms with Crippen LogP contribution in [0.15, 0.2) is 71.6 Å². The molecule has 0 unspecified atom stereocenters. The van der Waals surface area contributed by atoms with Gasteiger partial charge in [-0.3, -0.25) is 13.9 Å². The number of benzene rings is 3. The summed E-state index contributed by atoms with van der Waals surface area (Å²) in [6.07, 6.45) is 0.979. The zero-order valence-electron chi connectivity index (χ0n) is 23.4. The second-order valence-corrected chi connectivity index (χ2v) is 12.8. The first-order valence-corrected chi connectivity index (χ1v) is 15.8. The Morgan fingerprint density at radius 2 is 1.54 bits per heavy atom. The van der Waals surface area contributed by atoms with Crippen LogP contribution in [0.25, 0.3) is 0 Å². The molecule has 11 heteroatoms. The lowest BCUT2D eigenvalue weighted by Gasteiger charge is -2.34. The number of carbonyl (C=O) groups is 2. The highest BCUT2D eigenvalue weighted by Crippen LogP contribution is 2.31. The molecule has 0 spiro atoms. The minimum atomic E-state index is -4.19. The van der Waals surface area contributed by atoms with E-state index in [0.717, 1.165) is 4.31 Å². The Kier molecular flexibility index (Phi) is 11.5. The van der Waals surface area contributed by atoms with Crippen LogP contribution in [0.1, 0.15) is 44.7 Å². The van der Waals surface area contributed by atoms with Crippen LogP contribution in [0.2, 0.25) is 15.1 Å². The molecule has 0 saturated carbocycles. The third kappa shape index (κ3) is 7.95. The Balaban J connectivity index is 2.12. The third-order valence-corrected chi connectivity index (χ3v) is 9.53. The number of hydrogen-bond donors (Lipinski definition) is 1. The number of amides is 2. The summed E-state index contributed by atoms with van der Waals surface area (Å²) in [6.45, 7) is 6.65. The van der Waals surface area contributed by atoms with Crippen molar-refractivity contribution in [2.24, 2.45) is 0 Å². The van der Waals surface area contributed by atoms with E-state index >= 15 is 0 Å². The molecule has 0 aliphatic heterocycles. The number of nitrogens with zero attached hydrogens (tertiary/aromatic N) is 2. The number of anilines is 1. The van der Waals surface area contributed by atoms with Crippen LogP contribution in [0.4, 0.5) is 5.69 Å². The first kappa shape index (κ1) is 32.7.